The fourth-order valence-electron chi connectivity index (χ4n) is 3.78. The predicted octanol–water partition coefficient (Wildman–Crippen LogP) is 4.24. The molecule has 1 saturated heterocycles. The predicted molar refractivity (Wildman–Crippen MR) is 128 cm³/mol. The Morgan fingerprint density at radius 2 is 1.59 bits per heavy atom. The number of nitrogens with one attached hydrogen (secondary N) is 1. The lowest BCUT2D eigenvalue weighted by Crippen LogP contribution is -2.46. The summed E-state index contributed by atoms with van der Waals surface area (Å²) in [5.74, 6) is -0.482. The Morgan fingerprint density at radius 1 is 0.938 bits per heavy atom. The lowest BCUT2D eigenvalue weighted by molar-refractivity contribution is -0.123. The van der Waals surface area contributed by atoms with Crippen LogP contribution in [-0.4, -0.2) is 48.1 Å². The van der Waals surface area contributed by atoms with E-state index in [0.29, 0.717) is 22.4 Å². The topological polar surface area (TPSA) is 85.8 Å². The largest absolute Gasteiger partial charge is 0.478 e. The number of pyridine rings is 1. The molecule has 0 spiro atoms. The molecule has 166 valence electrons. The van der Waals surface area contributed by atoms with E-state index >= 15 is 0 Å². The Balaban J connectivity index is 1.59. The van der Waals surface area contributed by atoms with Gasteiger partial charge < -0.3 is 20.2 Å². The number of aromatic carboxylic acids is 1. The Morgan fingerprint density at radius 3 is 2.22 bits per heavy atom. The third-order valence-electron chi connectivity index (χ3n) is 5.69. The lowest BCUT2D eigenvalue weighted by atomic mass is 9.95. The molecule has 7 heteroatoms. The lowest BCUT2D eigenvalue weighted by Gasteiger charge is -2.37. The van der Waals surface area contributed by atoms with Crippen LogP contribution < -0.4 is 15.1 Å². The number of para-hydroxylation sites is 1. The first kappa shape index (κ1) is 21.6. The first-order valence-corrected chi connectivity index (χ1v) is 10.8. The molecule has 1 aliphatic rings. The molecule has 1 fully saturated rings. The van der Waals surface area contributed by atoms with E-state index in [-0.39, 0.29) is 11.5 Å². The zero-order valence-electron chi connectivity index (χ0n) is 18.6. The number of carbonyl (C=O) groups is 2. The highest BCUT2D eigenvalue weighted by Crippen LogP contribution is 2.28. The summed E-state index contributed by atoms with van der Waals surface area (Å²) in [5, 5.41) is 13.2. The Bertz CT molecular complexity index is 1150. The number of nitrogens with zero attached hydrogens (tertiary/aromatic N) is 3. The Hall–Kier alpha value is -3.61. The Labute approximate surface area is 187 Å². The van der Waals surface area contributed by atoms with Gasteiger partial charge in [0.2, 0.25) is 5.91 Å². The van der Waals surface area contributed by atoms with E-state index in [1.54, 1.807) is 24.3 Å². The van der Waals surface area contributed by atoms with Gasteiger partial charge in [-0.2, -0.15) is 0 Å². The number of carboxylic acids is 1. The SMILES string of the molecule is CC(C)(C)C(=O)Nc1ccc2nc(N3CCN(c4ccccc4)CC3)cc(C(=O)O)c2c1. The quantitative estimate of drug-likeness (QED) is 0.641. The maximum Gasteiger partial charge on any atom is 0.336 e. The van der Waals surface area contributed by atoms with Crippen molar-refractivity contribution in [2.45, 2.75) is 20.8 Å². The van der Waals surface area contributed by atoms with Crippen LogP contribution in [0.4, 0.5) is 17.2 Å². The molecule has 0 aliphatic carbocycles. The minimum Gasteiger partial charge on any atom is -0.478 e. The highest BCUT2D eigenvalue weighted by atomic mass is 16.4. The van der Waals surface area contributed by atoms with Gasteiger partial charge in [-0.05, 0) is 36.4 Å². The maximum atomic E-state index is 12.3. The van der Waals surface area contributed by atoms with Crippen molar-refractivity contribution in [3.05, 3.63) is 60.2 Å². The number of rotatable bonds is 4. The molecule has 0 bridgehead atoms. The van der Waals surface area contributed by atoms with Crippen molar-refractivity contribution in [3.8, 4) is 0 Å². The summed E-state index contributed by atoms with van der Waals surface area (Å²) in [7, 11) is 0. The molecule has 3 aromatic rings. The molecule has 1 aromatic heterocycles. The molecule has 2 aromatic carbocycles. The van der Waals surface area contributed by atoms with E-state index in [9.17, 15) is 14.7 Å². The van der Waals surface area contributed by atoms with Gasteiger partial charge in [-0.3, -0.25) is 4.79 Å². The van der Waals surface area contributed by atoms with E-state index in [1.807, 2.05) is 39.0 Å². The minimum absolute atomic E-state index is 0.130. The molecule has 1 amide bonds. The minimum atomic E-state index is -1.01. The normalized spacial score (nSPS) is 14.5. The van der Waals surface area contributed by atoms with Crippen molar-refractivity contribution < 1.29 is 14.7 Å². The average molecular weight is 433 g/mol. The third kappa shape index (κ3) is 4.51. The highest BCUT2D eigenvalue weighted by Gasteiger charge is 2.23. The second kappa shape index (κ2) is 8.49. The Kier molecular flexibility index (Phi) is 5.74. The second-order valence-electron chi connectivity index (χ2n) is 9.08. The fraction of sp³-hybridized carbons (Fsp3) is 0.320. The van der Waals surface area contributed by atoms with E-state index in [1.165, 1.54) is 5.69 Å². The molecule has 2 heterocycles. The number of amides is 1. The number of carboxylic acid groups (broad SMARTS) is 1. The van der Waals surface area contributed by atoms with Crippen molar-refractivity contribution in [2.75, 3.05) is 41.3 Å². The highest BCUT2D eigenvalue weighted by molar-refractivity contribution is 6.05. The van der Waals surface area contributed by atoms with Crippen molar-refractivity contribution in [1.82, 2.24) is 4.98 Å². The van der Waals surface area contributed by atoms with Gasteiger partial charge in [0, 0.05) is 48.4 Å². The summed E-state index contributed by atoms with van der Waals surface area (Å²) >= 11 is 0. The number of hydrogen-bond acceptors (Lipinski definition) is 5. The van der Waals surface area contributed by atoms with Crippen LogP contribution in [0.3, 0.4) is 0 Å². The van der Waals surface area contributed by atoms with Gasteiger partial charge in [-0.25, -0.2) is 9.78 Å². The van der Waals surface area contributed by atoms with Crippen molar-refractivity contribution in [3.63, 3.8) is 0 Å². The number of benzene rings is 2. The molecule has 4 rings (SSSR count). The summed E-state index contributed by atoms with van der Waals surface area (Å²) in [6.45, 7) is 8.68. The van der Waals surface area contributed by atoms with Gasteiger partial charge >= 0.3 is 5.97 Å². The molecule has 0 radical (unpaired) electrons. The second-order valence-corrected chi connectivity index (χ2v) is 9.08. The summed E-state index contributed by atoms with van der Waals surface area (Å²) in [6, 6.07) is 17.1. The number of hydrogen-bond donors (Lipinski definition) is 2. The van der Waals surface area contributed by atoms with Gasteiger partial charge in [-0.15, -0.1) is 0 Å². The first-order valence-electron chi connectivity index (χ1n) is 10.8. The van der Waals surface area contributed by atoms with Gasteiger partial charge in [0.1, 0.15) is 5.82 Å². The number of anilines is 3. The van der Waals surface area contributed by atoms with Crippen LogP contribution in [0.5, 0.6) is 0 Å². The van der Waals surface area contributed by atoms with Crippen LogP contribution in [0.1, 0.15) is 31.1 Å². The van der Waals surface area contributed by atoms with Crippen molar-refractivity contribution >= 4 is 40.0 Å². The standard InChI is InChI=1S/C25H28N4O3/c1-25(2,3)24(32)26-17-9-10-21-19(15-17)20(23(30)31)16-22(27-21)29-13-11-28(12-14-29)18-7-5-4-6-8-18/h4-10,15-16H,11-14H2,1-3H3,(H,26,32)(H,30,31). The molecule has 0 saturated carbocycles. The fourth-order valence-corrected chi connectivity index (χ4v) is 3.78. The van der Waals surface area contributed by atoms with Crippen molar-refractivity contribution in [2.24, 2.45) is 5.41 Å². The molecule has 1 aliphatic heterocycles. The molecule has 2 N–H and O–H groups in total. The smallest absolute Gasteiger partial charge is 0.336 e. The third-order valence-corrected chi connectivity index (χ3v) is 5.69. The number of piperazine rings is 1. The van der Waals surface area contributed by atoms with E-state index < -0.39 is 11.4 Å². The zero-order valence-corrected chi connectivity index (χ0v) is 18.6. The number of fused-ring (bicyclic) bond motifs is 1. The average Bonchev–Trinajstić information content (AvgIpc) is 2.78. The van der Waals surface area contributed by atoms with Crippen LogP contribution in [0.25, 0.3) is 10.9 Å². The molecule has 7 nitrogen and oxygen atoms in total. The van der Waals surface area contributed by atoms with Crippen LogP contribution in [0.15, 0.2) is 54.6 Å². The summed E-state index contributed by atoms with van der Waals surface area (Å²) in [5.41, 5.74) is 1.98. The van der Waals surface area contributed by atoms with Crippen LogP contribution in [0, 0.1) is 5.41 Å². The van der Waals surface area contributed by atoms with Gasteiger partial charge in [0.25, 0.3) is 0 Å². The maximum absolute atomic E-state index is 12.3. The van der Waals surface area contributed by atoms with Crippen LogP contribution in [0.2, 0.25) is 0 Å². The summed E-state index contributed by atoms with van der Waals surface area (Å²) < 4.78 is 0. The summed E-state index contributed by atoms with van der Waals surface area (Å²) in [6.07, 6.45) is 0. The number of carbonyl (C=O) groups excluding carboxylic acids is 1. The number of aromatic nitrogens is 1. The molecule has 0 unspecified atom stereocenters. The summed E-state index contributed by atoms with van der Waals surface area (Å²) in [4.78, 5) is 33.5. The molecular formula is C25H28N4O3. The molecular weight excluding hydrogens is 404 g/mol. The first-order chi connectivity index (χ1) is 15.2. The van der Waals surface area contributed by atoms with E-state index in [4.69, 9.17) is 4.98 Å². The van der Waals surface area contributed by atoms with E-state index in [0.717, 1.165) is 26.2 Å². The van der Waals surface area contributed by atoms with Gasteiger partial charge in [0.15, 0.2) is 0 Å². The van der Waals surface area contributed by atoms with Gasteiger partial charge in [0.05, 0.1) is 11.1 Å². The monoisotopic (exact) mass is 432 g/mol. The van der Waals surface area contributed by atoms with Crippen molar-refractivity contribution in [1.29, 1.82) is 0 Å². The molecule has 0 atom stereocenters. The zero-order chi connectivity index (χ0) is 22.9. The van der Waals surface area contributed by atoms with Crippen LogP contribution in [-0.2, 0) is 4.79 Å². The van der Waals surface area contributed by atoms with E-state index in [2.05, 4.69) is 27.2 Å². The van der Waals surface area contributed by atoms with Gasteiger partial charge in [-0.1, -0.05) is 39.0 Å². The molecule has 32 heavy (non-hydrogen) atoms. The van der Waals surface area contributed by atoms with Crippen LogP contribution >= 0.6 is 0 Å².